The second kappa shape index (κ2) is 5.18. The number of hydrogen-bond acceptors (Lipinski definition) is 2. The van der Waals surface area contributed by atoms with Gasteiger partial charge in [0.05, 0.1) is 11.2 Å². The van der Waals surface area contributed by atoms with Gasteiger partial charge in [-0.25, -0.2) is 0 Å². The fraction of sp³-hybridized carbons (Fsp3) is 0.167. The minimum absolute atomic E-state index is 0.0899. The Morgan fingerprint density at radius 3 is 2.94 bits per heavy atom. The van der Waals surface area contributed by atoms with Gasteiger partial charge in [-0.2, -0.15) is 5.10 Å². The summed E-state index contributed by atoms with van der Waals surface area (Å²) in [5, 5.41) is 4.46. The number of carbonyl (C=O) groups excluding carboxylic acids is 1. The molecule has 0 amide bonds. The van der Waals surface area contributed by atoms with Crippen LogP contribution in [0.25, 0.3) is 0 Å². The maximum atomic E-state index is 12.3. The molecular weight excluding hydrogens is 351 g/mol. The SMILES string of the molecule is CCn1ncc(Cl)c1C(=O)c1cccc(I)c1. The van der Waals surface area contributed by atoms with Crippen LogP contribution in [0.15, 0.2) is 30.5 Å². The molecule has 0 bridgehead atoms. The van der Waals surface area contributed by atoms with Gasteiger partial charge in [0.25, 0.3) is 0 Å². The first kappa shape index (κ1) is 12.6. The number of halogens is 2. The quantitative estimate of drug-likeness (QED) is 0.621. The van der Waals surface area contributed by atoms with Crippen molar-refractivity contribution in [3.8, 4) is 0 Å². The lowest BCUT2D eigenvalue weighted by Crippen LogP contribution is -2.11. The van der Waals surface area contributed by atoms with Gasteiger partial charge in [0.2, 0.25) is 5.78 Å². The molecule has 1 aromatic heterocycles. The van der Waals surface area contributed by atoms with Gasteiger partial charge < -0.3 is 0 Å². The molecule has 5 heteroatoms. The van der Waals surface area contributed by atoms with Crippen molar-refractivity contribution in [3.63, 3.8) is 0 Å². The molecule has 0 saturated heterocycles. The fourth-order valence-electron chi connectivity index (χ4n) is 1.59. The van der Waals surface area contributed by atoms with Crippen molar-refractivity contribution >= 4 is 40.0 Å². The molecular formula is C12H10ClIN2O. The zero-order valence-corrected chi connectivity index (χ0v) is 12.1. The summed E-state index contributed by atoms with van der Waals surface area (Å²) in [7, 11) is 0. The average Bonchev–Trinajstić information content (AvgIpc) is 2.69. The van der Waals surface area contributed by atoms with E-state index in [9.17, 15) is 4.79 Å². The van der Waals surface area contributed by atoms with Crippen LogP contribution in [0.4, 0.5) is 0 Å². The van der Waals surface area contributed by atoms with Crippen molar-refractivity contribution < 1.29 is 4.79 Å². The van der Waals surface area contributed by atoms with Crippen LogP contribution >= 0.6 is 34.2 Å². The number of nitrogens with zero attached hydrogens (tertiary/aromatic N) is 2. The lowest BCUT2D eigenvalue weighted by Gasteiger charge is -2.05. The molecule has 0 aliphatic heterocycles. The first-order valence-corrected chi connectivity index (χ1v) is 6.60. The van der Waals surface area contributed by atoms with E-state index in [2.05, 4.69) is 27.7 Å². The molecule has 0 aliphatic rings. The van der Waals surface area contributed by atoms with E-state index in [0.29, 0.717) is 22.8 Å². The van der Waals surface area contributed by atoms with E-state index >= 15 is 0 Å². The van der Waals surface area contributed by atoms with Crippen molar-refractivity contribution in [1.29, 1.82) is 0 Å². The predicted molar refractivity (Wildman–Crippen MR) is 75.5 cm³/mol. The normalized spacial score (nSPS) is 10.5. The highest BCUT2D eigenvalue weighted by Crippen LogP contribution is 2.20. The van der Waals surface area contributed by atoms with Crippen molar-refractivity contribution in [2.24, 2.45) is 0 Å². The van der Waals surface area contributed by atoms with Crippen LogP contribution in [0.3, 0.4) is 0 Å². The van der Waals surface area contributed by atoms with Gasteiger partial charge in [0.15, 0.2) is 0 Å². The first-order chi connectivity index (χ1) is 8.13. The Bertz CT molecular complexity index is 565. The third-order valence-corrected chi connectivity index (χ3v) is 3.34. The van der Waals surface area contributed by atoms with Gasteiger partial charge >= 0.3 is 0 Å². The van der Waals surface area contributed by atoms with E-state index in [1.165, 1.54) is 6.20 Å². The monoisotopic (exact) mass is 360 g/mol. The summed E-state index contributed by atoms with van der Waals surface area (Å²) >= 11 is 8.18. The number of ketones is 1. The van der Waals surface area contributed by atoms with Crippen molar-refractivity contribution in [2.45, 2.75) is 13.5 Å². The van der Waals surface area contributed by atoms with Crippen molar-refractivity contribution in [3.05, 3.63) is 50.3 Å². The van der Waals surface area contributed by atoms with Crippen LogP contribution in [0.5, 0.6) is 0 Å². The molecule has 0 radical (unpaired) electrons. The Morgan fingerprint density at radius 2 is 2.29 bits per heavy atom. The van der Waals surface area contributed by atoms with E-state index in [0.717, 1.165) is 3.57 Å². The molecule has 1 heterocycles. The predicted octanol–water partition coefficient (Wildman–Crippen LogP) is 3.39. The molecule has 0 N–H and O–H groups in total. The van der Waals surface area contributed by atoms with E-state index in [4.69, 9.17) is 11.6 Å². The molecule has 2 aromatic rings. The van der Waals surface area contributed by atoms with Crippen molar-refractivity contribution in [2.75, 3.05) is 0 Å². The van der Waals surface area contributed by atoms with Crippen LogP contribution in [0.2, 0.25) is 5.02 Å². The van der Waals surface area contributed by atoms with E-state index in [1.54, 1.807) is 10.7 Å². The highest BCUT2D eigenvalue weighted by Gasteiger charge is 2.18. The standard InChI is InChI=1S/C12H10ClIN2O/c1-2-16-11(10(13)7-15-16)12(17)8-4-3-5-9(14)6-8/h3-7H,2H2,1H3. The summed E-state index contributed by atoms with van der Waals surface area (Å²) in [4.78, 5) is 12.3. The molecule has 17 heavy (non-hydrogen) atoms. The Kier molecular flexibility index (Phi) is 3.83. The molecule has 0 aliphatic carbocycles. The number of rotatable bonds is 3. The first-order valence-electron chi connectivity index (χ1n) is 5.15. The molecule has 0 fully saturated rings. The topological polar surface area (TPSA) is 34.9 Å². The zero-order valence-electron chi connectivity index (χ0n) is 9.15. The second-order valence-electron chi connectivity index (χ2n) is 3.50. The molecule has 0 atom stereocenters. The van der Waals surface area contributed by atoms with Crippen LogP contribution in [0, 0.1) is 3.57 Å². The number of hydrogen-bond donors (Lipinski definition) is 0. The molecule has 0 spiro atoms. The minimum atomic E-state index is -0.0899. The fourth-order valence-corrected chi connectivity index (χ4v) is 2.36. The Labute approximate surface area is 118 Å². The van der Waals surface area contributed by atoms with Gasteiger partial charge in [-0.15, -0.1) is 0 Å². The van der Waals surface area contributed by atoms with Crippen molar-refractivity contribution in [1.82, 2.24) is 9.78 Å². The third kappa shape index (κ3) is 2.52. The number of aromatic nitrogens is 2. The second-order valence-corrected chi connectivity index (χ2v) is 5.15. The summed E-state index contributed by atoms with van der Waals surface area (Å²) in [5.41, 5.74) is 1.09. The maximum Gasteiger partial charge on any atom is 0.212 e. The largest absolute Gasteiger partial charge is 0.287 e. The molecule has 1 aromatic carbocycles. The molecule has 88 valence electrons. The number of benzene rings is 1. The Balaban J connectivity index is 2.47. The zero-order chi connectivity index (χ0) is 12.4. The van der Waals surface area contributed by atoms with Gasteiger partial charge in [0.1, 0.15) is 5.69 Å². The highest BCUT2D eigenvalue weighted by molar-refractivity contribution is 14.1. The summed E-state index contributed by atoms with van der Waals surface area (Å²) in [6.45, 7) is 2.55. The molecule has 2 rings (SSSR count). The van der Waals surface area contributed by atoms with E-state index in [1.807, 2.05) is 25.1 Å². The Morgan fingerprint density at radius 1 is 1.53 bits per heavy atom. The molecule has 3 nitrogen and oxygen atoms in total. The van der Waals surface area contributed by atoms with E-state index < -0.39 is 0 Å². The van der Waals surface area contributed by atoms with Crippen LogP contribution in [-0.2, 0) is 6.54 Å². The van der Waals surface area contributed by atoms with Gasteiger partial charge in [-0.3, -0.25) is 9.48 Å². The summed E-state index contributed by atoms with van der Waals surface area (Å²) < 4.78 is 2.64. The Hall–Kier alpha value is -0.880. The highest BCUT2D eigenvalue weighted by atomic mass is 127. The van der Waals surface area contributed by atoms with Gasteiger partial charge in [0, 0.05) is 15.7 Å². The third-order valence-electron chi connectivity index (χ3n) is 2.40. The molecule has 0 unspecified atom stereocenters. The number of aryl methyl sites for hydroxylation is 1. The smallest absolute Gasteiger partial charge is 0.212 e. The van der Waals surface area contributed by atoms with E-state index in [-0.39, 0.29) is 5.78 Å². The lowest BCUT2D eigenvalue weighted by molar-refractivity contribution is 0.102. The lowest BCUT2D eigenvalue weighted by atomic mass is 10.1. The minimum Gasteiger partial charge on any atom is -0.287 e. The molecule has 0 saturated carbocycles. The maximum absolute atomic E-state index is 12.3. The summed E-state index contributed by atoms with van der Waals surface area (Å²) in [6, 6.07) is 7.42. The van der Waals surface area contributed by atoms with Gasteiger partial charge in [-0.05, 0) is 41.6 Å². The summed E-state index contributed by atoms with van der Waals surface area (Å²) in [6.07, 6.45) is 1.51. The average molecular weight is 361 g/mol. The van der Waals surface area contributed by atoms with Crippen LogP contribution in [-0.4, -0.2) is 15.6 Å². The summed E-state index contributed by atoms with van der Waals surface area (Å²) in [5.74, 6) is -0.0899. The van der Waals surface area contributed by atoms with Crippen LogP contribution < -0.4 is 0 Å². The van der Waals surface area contributed by atoms with Gasteiger partial charge in [-0.1, -0.05) is 23.7 Å². The number of carbonyl (C=O) groups is 1. The van der Waals surface area contributed by atoms with Crippen LogP contribution in [0.1, 0.15) is 23.0 Å².